The Morgan fingerprint density at radius 3 is 2.71 bits per heavy atom. The van der Waals surface area contributed by atoms with E-state index in [9.17, 15) is 23.5 Å². The number of carbonyl (C=O) groups is 2. The molecule has 34 heavy (non-hydrogen) atoms. The van der Waals surface area contributed by atoms with E-state index in [1.54, 1.807) is 18.2 Å². The van der Waals surface area contributed by atoms with E-state index in [1.807, 2.05) is 0 Å². The van der Waals surface area contributed by atoms with Crippen LogP contribution in [0.2, 0.25) is 5.02 Å². The van der Waals surface area contributed by atoms with Gasteiger partial charge < -0.3 is 14.8 Å². The first-order chi connectivity index (χ1) is 16.2. The lowest BCUT2D eigenvalue weighted by Gasteiger charge is -2.35. The van der Waals surface area contributed by atoms with Crippen LogP contribution in [0.1, 0.15) is 21.5 Å². The summed E-state index contributed by atoms with van der Waals surface area (Å²) in [5.41, 5.74) is -1.20. The van der Waals surface area contributed by atoms with Crippen LogP contribution in [-0.4, -0.2) is 34.2 Å². The van der Waals surface area contributed by atoms with Gasteiger partial charge >= 0.3 is 6.09 Å². The number of amides is 2. The van der Waals surface area contributed by atoms with E-state index in [2.05, 4.69) is 20.0 Å². The third-order valence-electron chi connectivity index (χ3n) is 5.58. The molecule has 8 nitrogen and oxygen atoms in total. The van der Waals surface area contributed by atoms with Gasteiger partial charge in [0.2, 0.25) is 5.95 Å². The van der Waals surface area contributed by atoms with Crippen molar-refractivity contribution in [3.8, 4) is 0 Å². The summed E-state index contributed by atoms with van der Waals surface area (Å²) in [5.74, 6) is -2.68. The monoisotopic (exact) mass is 484 g/mol. The maximum atomic E-state index is 14.9. The van der Waals surface area contributed by atoms with Crippen LogP contribution >= 0.6 is 11.6 Å². The fourth-order valence-corrected chi connectivity index (χ4v) is 4.20. The molecule has 0 radical (unpaired) electrons. The van der Waals surface area contributed by atoms with Crippen molar-refractivity contribution in [3.05, 3.63) is 87.9 Å². The fraction of sp³-hybridized carbons (Fsp3) is 0.0870. The van der Waals surface area contributed by atoms with Crippen LogP contribution in [0.15, 0.2) is 54.6 Å². The molecule has 4 aromatic rings. The lowest BCUT2D eigenvalue weighted by atomic mass is 9.93. The Bertz CT molecular complexity index is 1490. The zero-order chi connectivity index (χ0) is 24.2. The predicted molar refractivity (Wildman–Crippen MR) is 120 cm³/mol. The van der Waals surface area contributed by atoms with E-state index in [1.165, 1.54) is 31.4 Å². The van der Waals surface area contributed by atoms with E-state index >= 15 is 0 Å². The number of benzene rings is 3. The maximum absolute atomic E-state index is 14.9. The highest BCUT2D eigenvalue weighted by Crippen LogP contribution is 2.46. The van der Waals surface area contributed by atoms with Crippen molar-refractivity contribution in [2.24, 2.45) is 0 Å². The molecule has 3 N–H and O–H groups in total. The molecule has 0 fully saturated rings. The number of anilines is 2. The number of rotatable bonds is 3. The second-order valence-corrected chi connectivity index (χ2v) is 7.92. The Balaban J connectivity index is 1.71. The van der Waals surface area contributed by atoms with Gasteiger partial charge in [0.25, 0.3) is 5.91 Å². The molecule has 5 rings (SSSR count). The van der Waals surface area contributed by atoms with Crippen molar-refractivity contribution in [3.63, 3.8) is 0 Å². The maximum Gasteiger partial charge on any atom is 0.413 e. The standard InChI is InChI=1S/C23H15ClF2N4O4/c1-34-22(32)29-21-27-17-7-6-11(8-18(17)28-21)23(33)13-5-3-2-4-12(13)20(31)30(23)19-9-14(24)15(25)10-16(19)26/h2-10,33H,1H3,(H2,27,28,29,32). The zero-order valence-electron chi connectivity index (χ0n) is 17.4. The summed E-state index contributed by atoms with van der Waals surface area (Å²) >= 11 is 5.88. The van der Waals surface area contributed by atoms with Crippen LogP contribution in [0.25, 0.3) is 11.0 Å². The zero-order valence-corrected chi connectivity index (χ0v) is 18.2. The van der Waals surface area contributed by atoms with Crippen molar-refractivity contribution >= 4 is 46.3 Å². The number of aromatic nitrogens is 2. The molecule has 3 aromatic carbocycles. The molecule has 0 bridgehead atoms. The summed E-state index contributed by atoms with van der Waals surface area (Å²) in [7, 11) is 1.20. The number of hydrogen-bond acceptors (Lipinski definition) is 5. The number of fused-ring (bicyclic) bond motifs is 2. The molecule has 172 valence electrons. The summed E-state index contributed by atoms with van der Waals surface area (Å²) in [5, 5.41) is 14.0. The molecular formula is C23H15ClF2N4O4. The first kappa shape index (κ1) is 21.8. The van der Waals surface area contributed by atoms with Gasteiger partial charge in [-0.2, -0.15) is 0 Å². The molecule has 1 aromatic heterocycles. The number of nitrogens with one attached hydrogen (secondary N) is 2. The Kier molecular flexibility index (Phi) is 4.99. The van der Waals surface area contributed by atoms with E-state index in [0.29, 0.717) is 17.1 Å². The van der Waals surface area contributed by atoms with Gasteiger partial charge in [-0.05, 0) is 24.3 Å². The second-order valence-electron chi connectivity index (χ2n) is 7.51. The van der Waals surface area contributed by atoms with Crippen LogP contribution < -0.4 is 10.2 Å². The molecule has 2 amide bonds. The number of aliphatic hydroxyl groups is 1. The molecule has 2 heterocycles. The largest absolute Gasteiger partial charge is 0.453 e. The highest BCUT2D eigenvalue weighted by Gasteiger charge is 2.51. The van der Waals surface area contributed by atoms with Gasteiger partial charge in [0.05, 0.1) is 28.9 Å². The SMILES string of the molecule is COC(=O)Nc1nc2cc(C3(O)c4ccccc4C(=O)N3c3cc(Cl)c(F)cc3F)ccc2[nH]1. The highest BCUT2D eigenvalue weighted by molar-refractivity contribution is 6.31. The van der Waals surface area contributed by atoms with Crippen molar-refractivity contribution in [2.45, 2.75) is 5.72 Å². The number of H-pyrrole nitrogens is 1. The van der Waals surface area contributed by atoms with Gasteiger partial charge in [0.1, 0.15) is 11.6 Å². The summed E-state index contributed by atoms with van der Waals surface area (Å²) in [6.45, 7) is 0. The van der Waals surface area contributed by atoms with Crippen molar-refractivity contribution in [1.29, 1.82) is 0 Å². The first-order valence-corrected chi connectivity index (χ1v) is 10.3. The van der Waals surface area contributed by atoms with Crippen molar-refractivity contribution in [1.82, 2.24) is 9.97 Å². The van der Waals surface area contributed by atoms with Gasteiger partial charge in [0.15, 0.2) is 5.72 Å². The van der Waals surface area contributed by atoms with Gasteiger partial charge in [-0.25, -0.2) is 18.6 Å². The number of imidazole rings is 1. The third kappa shape index (κ3) is 3.18. The molecule has 1 aliphatic heterocycles. The van der Waals surface area contributed by atoms with E-state index in [0.717, 1.165) is 11.0 Å². The molecule has 1 atom stereocenters. The molecule has 11 heteroatoms. The second kappa shape index (κ2) is 7.79. The van der Waals surface area contributed by atoms with E-state index in [-0.39, 0.29) is 22.6 Å². The third-order valence-corrected chi connectivity index (χ3v) is 5.87. The minimum Gasteiger partial charge on any atom is -0.453 e. The minimum atomic E-state index is -2.17. The average molecular weight is 485 g/mol. The van der Waals surface area contributed by atoms with Crippen molar-refractivity contribution in [2.75, 3.05) is 17.3 Å². The van der Waals surface area contributed by atoms with Gasteiger partial charge in [-0.1, -0.05) is 35.9 Å². The summed E-state index contributed by atoms with van der Waals surface area (Å²) in [4.78, 5) is 32.8. The highest BCUT2D eigenvalue weighted by atomic mass is 35.5. The van der Waals surface area contributed by atoms with Crippen LogP contribution in [0.5, 0.6) is 0 Å². The predicted octanol–water partition coefficient (Wildman–Crippen LogP) is 4.53. The molecule has 0 saturated carbocycles. The van der Waals surface area contributed by atoms with Crippen LogP contribution in [0.3, 0.4) is 0 Å². The number of halogens is 3. The summed E-state index contributed by atoms with van der Waals surface area (Å²) in [6, 6.07) is 12.4. The average Bonchev–Trinajstić information content (AvgIpc) is 3.32. The van der Waals surface area contributed by atoms with Crippen LogP contribution in [0.4, 0.5) is 25.2 Å². The number of methoxy groups -OCH3 is 1. The molecule has 1 aliphatic rings. The molecule has 0 saturated heterocycles. The number of hydrogen-bond donors (Lipinski definition) is 3. The quantitative estimate of drug-likeness (QED) is 0.370. The topological polar surface area (TPSA) is 108 Å². The summed E-state index contributed by atoms with van der Waals surface area (Å²) in [6.07, 6.45) is -0.733. The molecule has 0 aliphatic carbocycles. The number of carbonyl (C=O) groups excluding carboxylic acids is 2. The Morgan fingerprint density at radius 1 is 1.18 bits per heavy atom. The number of aromatic amines is 1. The lowest BCUT2D eigenvalue weighted by Crippen LogP contribution is -2.45. The van der Waals surface area contributed by atoms with Crippen LogP contribution in [0, 0.1) is 11.6 Å². The van der Waals surface area contributed by atoms with Gasteiger partial charge in [-0.15, -0.1) is 0 Å². The lowest BCUT2D eigenvalue weighted by molar-refractivity contribution is 0.0699. The Labute approximate surface area is 195 Å². The minimum absolute atomic E-state index is 0.0992. The number of ether oxygens (including phenoxy) is 1. The van der Waals surface area contributed by atoms with Crippen molar-refractivity contribution < 1.29 is 28.2 Å². The first-order valence-electron chi connectivity index (χ1n) is 9.90. The Morgan fingerprint density at radius 2 is 1.94 bits per heavy atom. The van der Waals surface area contributed by atoms with Crippen LogP contribution in [-0.2, 0) is 10.5 Å². The smallest absolute Gasteiger partial charge is 0.413 e. The molecular weight excluding hydrogens is 470 g/mol. The fourth-order valence-electron chi connectivity index (χ4n) is 4.04. The summed E-state index contributed by atoms with van der Waals surface area (Å²) < 4.78 is 33.2. The van der Waals surface area contributed by atoms with Gasteiger partial charge in [0, 0.05) is 22.8 Å². The Hall–Kier alpha value is -4.02. The van der Waals surface area contributed by atoms with Gasteiger partial charge in [-0.3, -0.25) is 15.0 Å². The van der Waals surface area contributed by atoms with E-state index in [4.69, 9.17) is 11.6 Å². The normalized spacial score (nSPS) is 17.2. The molecule has 0 spiro atoms. The van der Waals surface area contributed by atoms with E-state index < -0.39 is 40.1 Å². The number of nitrogens with zero attached hydrogens (tertiary/aromatic N) is 2. The molecule has 1 unspecified atom stereocenters.